The van der Waals surface area contributed by atoms with Crippen molar-refractivity contribution in [3.63, 3.8) is 0 Å². The zero-order chi connectivity index (χ0) is 30.9. The van der Waals surface area contributed by atoms with Gasteiger partial charge in [0.25, 0.3) is 0 Å². The van der Waals surface area contributed by atoms with Crippen LogP contribution in [0.1, 0.15) is 32.3 Å². The molecule has 10 N–H and O–H groups in total. The molecule has 224 valence electrons. The number of ether oxygens (including phenoxy) is 1. The summed E-state index contributed by atoms with van der Waals surface area (Å²) in [7, 11) is 0. The molecule has 1 aromatic carbocycles. The molecule has 16 nitrogen and oxygen atoms in total. The molecule has 0 aliphatic rings. The maximum atomic E-state index is 13.2. The van der Waals surface area contributed by atoms with Gasteiger partial charge in [0.05, 0.1) is 6.61 Å². The second kappa shape index (κ2) is 17.5. The Morgan fingerprint density at radius 1 is 1.05 bits per heavy atom. The number of anilines is 2. The fraction of sp³-hybridized carbons (Fsp3) is 0.440. The van der Waals surface area contributed by atoms with E-state index in [0.29, 0.717) is 5.56 Å². The molecule has 1 rings (SSSR count). The van der Waals surface area contributed by atoms with E-state index in [1.54, 1.807) is 13.8 Å². The number of carbonyl (C=O) groups is 6. The number of primary amides is 1. The number of benzene rings is 1. The third-order valence-electron chi connectivity index (χ3n) is 5.33. The van der Waals surface area contributed by atoms with Crippen molar-refractivity contribution in [2.24, 2.45) is 11.7 Å². The summed E-state index contributed by atoms with van der Waals surface area (Å²) in [6.07, 6.45) is 2.96. The van der Waals surface area contributed by atoms with Gasteiger partial charge in [-0.2, -0.15) is 0 Å². The van der Waals surface area contributed by atoms with Crippen LogP contribution >= 0.6 is 0 Å². The predicted octanol–water partition coefficient (Wildman–Crippen LogP) is -0.359. The Kier molecular flexibility index (Phi) is 14.5. The van der Waals surface area contributed by atoms with Crippen LogP contribution in [0.5, 0.6) is 0 Å². The minimum atomic E-state index is -1.41. The minimum absolute atomic E-state index is 0.0511. The summed E-state index contributed by atoms with van der Waals surface area (Å²) >= 11 is 0. The highest BCUT2D eigenvalue weighted by Crippen LogP contribution is 2.22. The summed E-state index contributed by atoms with van der Waals surface area (Å²) < 4.78 is 4.60. The Balaban J connectivity index is 3.03. The number of carboxylic acid groups (broad SMARTS) is 1. The quantitative estimate of drug-likeness (QED) is 0.0973. The molecule has 2 unspecified atom stereocenters. The first-order valence-electron chi connectivity index (χ1n) is 12.4. The van der Waals surface area contributed by atoms with Crippen molar-refractivity contribution in [1.82, 2.24) is 21.3 Å². The molecular formula is C25H35N7O9. The van der Waals surface area contributed by atoms with Gasteiger partial charge in [-0.3, -0.25) is 14.4 Å². The second-order valence-corrected chi connectivity index (χ2v) is 8.87. The molecule has 0 aromatic heterocycles. The lowest BCUT2D eigenvalue weighted by Gasteiger charge is -2.24. The van der Waals surface area contributed by atoms with Crippen molar-refractivity contribution in [1.29, 1.82) is 0 Å². The summed E-state index contributed by atoms with van der Waals surface area (Å²) in [5.74, 6) is -0.414. The average molecular weight is 578 g/mol. The van der Waals surface area contributed by atoms with Crippen LogP contribution in [-0.2, 0) is 25.7 Å². The number of rotatable bonds is 15. The van der Waals surface area contributed by atoms with Gasteiger partial charge in [-0.25, -0.2) is 14.4 Å². The summed E-state index contributed by atoms with van der Waals surface area (Å²) in [5.41, 5.74) is 5.66. The molecule has 0 aliphatic heterocycles. The van der Waals surface area contributed by atoms with E-state index in [2.05, 4.69) is 42.6 Å². The van der Waals surface area contributed by atoms with Gasteiger partial charge in [-0.15, -0.1) is 6.42 Å². The van der Waals surface area contributed by atoms with Gasteiger partial charge in [0.1, 0.15) is 18.6 Å². The van der Waals surface area contributed by atoms with Crippen molar-refractivity contribution in [2.45, 2.75) is 45.4 Å². The topological polar surface area (TPSA) is 250 Å². The summed E-state index contributed by atoms with van der Waals surface area (Å²) in [6.45, 7) is 2.16. The number of aliphatic hydroxyl groups is 1. The molecule has 0 saturated heterocycles. The molecule has 0 spiro atoms. The van der Waals surface area contributed by atoms with Gasteiger partial charge in [-0.1, -0.05) is 25.8 Å². The first-order valence-corrected chi connectivity index (χ1v) is 12.4. The van der Waals surface area contributed by atoms with Gasteiger partial charge in [0.15, 0.2) is 6.61 Å². The number of amides is 7. The van der Waals surface area contributed by atoms with Crippen LogP contribution in [-0.4, -0.2) is 77.9 Å². The van der Waals surface area contributed by atoms with E-state index < -0.39 is 67.1 Å². The number of alkyl carbamates (subject to hydrolysis) is 1. The monoisotopic (exact) mass is 577 g/mol. The van der Waals surface area contributed by atoms with Crippen molar-refractivity contribution >= 4 is 47.3 Å². The lowest BCUT2D eigenvalue weighted by atomic mass is 10.0. The molecule has 0 saturated carbocycles. The van der Waals surface area contributed by atoms with Crippen LogP contribution in [0.2, 0.25) is 0 Å². The molecule has 0 radical (unpaired) electrons. The van der Waals surface area contributed by atoms with Crippen molar-refractivity contribution < 1.29 is 43.7 Å². The van der Waals surface area contributed by atoms with Crippen LogP contribution in [0.25, 0.3) is 0 Å². The number of hydrogen-bond donors (Lipinski definition) is 9. The maximum absolute atomic E-state index is 13.2. The normalized spacial score (nSPS) is 11.7. The Hall–Kier alpha value is -5.04. The third-order valence-corrected chi connectivity index (χ3v) is 5.33. The average Bonchev–Trinajstić information content (AvgIpc) is 2.90. The fourth-order valence-corrected chi connectivity index (χ4v) is 3.36. The lowest BCUT2D eigenvalue weighted by Crippen LogP contribution is -2.54. The standard InChI is InChI=1S/C25H35N7O9/c1-4-10-41-25(40)28-12-19(34)30-18-11-16(8-7-15(18)13-33)29-21(35)17(6-5-9-27-23(26)37)31-22(36)20(14(2)3)32-24(38)39/h1,7-8,11,14,17,20,32-33H,5-6,9-10,12-13H2,2-3H3,(H,28,40)(H,29,35)(H,30,34)(H,31,36)(H,38,39)(H3,26,27,37). The van der Waals surface area contributed by atoms with Crippen molar-refractivity contribution in [2.75, 3.05) is 30.3 Å². The van der Waals surface area contributed by atoms with E-state index in [4.69, 9.17) is 17.3 Å². The van der Waals surface area contributed by atoms with E-state index in [0.717, 1.165) is 0 Å². The number of urea groups is 1. The largest absolute Gasteiger partial charge is 0.465 e. The Labute approximate surface area is 236 Å². The van der Waals surface area contributed by atoms with Gasteiger partial charge in [0, 0.05) is 23.5 Å². The number of nitrogens with one attached hydrogen (secondary N) is 6. The number of nitrogens with two attached hydrogens (primary N) is 1. The molecule has 1 aromatic rings. The van der Waals surface area contributed by atoms with Crippen molar-refractivity contribution in [3.8, 4) is 12.3 Å². The number of aliphatic hydroxyl groups excluding tert-OH is 1. The van der Waals surface area contributed by atoms with Gasteiger partial charge >= 0.3 is 18.2 Å². The molecule has 2 atom stereocenters. The predicted molar refractivity (Wildman–Crippen MR) is 146 cm³/mol. The Morgan fingerprint density at radius 3 is 2.34 bits per heavy atom. The highest BCUT2D eigenvalue weighted by atomic mass is 16.5. The highest BCUT2D eigenvalue weighted by Gasteiger charge is 2.29. The number of hydrogen-bond acceptors (Lipinski definition) is 8. The molecule has 0 fully saturated rings. The van der Waals surface area contributed by atoms with Crippen LogP contribution in [0.15, 0.2) is 18.2 Å². The minimum Gasteiger partial charge on any atom is -0.465 e. The fourth-order valence-electron chi connectivity index (χ4n) is 3.36. The Morgan fingerprint density at radius 2 is 1.76 bits per heavy atom. The zero-order valence-electron chi connectivity index (χ0n) is 22.6. The summed E-state index contributed by atoms with van der Waals surface area (Å²) in [5, 5.41) is 33.0. The molecule has 0 heterocycles. The summed E-state index contributed by atoms with van der Waals surface area (Å²) in [6, 6.07) is 1.19. The molecular weight excluding hydrogens is 542 g/mol. The van der Waals surface area contributed by atoms with E-state index in [-0.39, 0.29) is 37.4 Å². The van der Waals surface area contributed by atoms with Crippen molar-refractivity contribution in [3.05, 3.63) is 23.8 Å². The van der Waals surface area contributed by atoms with Gasteiger partial charge in [0.2, 0.25) is 17.7 Å². The van der Waals surface area contributed by atoms with E-state index >= 15 is 0 Å². The summed E-state index contributed by atoms with van der Waals surface area (Å²) in [4.78, 5) is 71.8. The zero-order valence-corrected chi connectivity index (χ0v) is 22.6. The van der Waals surface area contributed by atoms with Crippen LogP contribution in [0.3, 0.4) is 0 Å². The highest BCUT2D eigenvalue weighted by molar-refractivity contribution is 6.00. The van der Waals surface area contributed by atoms with E-state index in [1.165, 1.54) is 18.2 Å². The number of terminal acetylenes is 1. The smallest absolute Gasteiger partial charge is 0.408 e. The molecule has 41 heavy (non-hydrogen) atoms. The Bertz CT molecular complexity index is 1150. The van der Waals surface area contributed by atoms with Gasteiger partial charge < -0.3 is 52.6 Å². The first kappa shape index (κ1) is 34.0. The second-order valence-electron chi connectivity index (χ2n) is 8.87. The molecule has 0 bridgehead atoms. The van der Waals surface area contributed by atoms with Crippen LogP contribution < -0.4 is 37.6 Å². The van der Waals surface area contributed by atoms with Crippen LogP contribution in [0, 0.1) is 18.3 Å². The van der Waals surface area contributed by atoms with E-state index in [9.17, 15) is 33.9 Å². The molecule has 16 heteroatoms. The molecule has 0 aliphatic carbocycles. The van der Waals surface area contributed by atoms with Crippen LogP contribution in [0.4, 0.5) is 25.8 Å². The third kappa shape index (κ3) is 13.0. The van der Waals surface area contributed by atoms with Gasteiger partial charge in [-0.05, 0) is 30.9 Å². The molecule has 7 amide bonds. The first-order chi connectivity index (χ1) is 19.4. The van der Waals surface area contributed by atoms with E-state index in [1.807, 2.05) is 0 Å². The number of carbonyl (C=O) groups excluding carboxylic acids is 5. The lowest BCUT2D eigenvalue weighted by molar-refractivity contribution is -0.128. The maximum Gasteiger partial charge on any atom is 0.408 e. The SMILES string of the molecule is C#CCOC(=O)NCC(=O)Nc1cc(NC(=O)C(CCCNC(N)=O)NC(=O)C(NC(=O)O)C(C)C)ccc1CO.